The van der Waals surface area contributed by atoms with Crippen molar-refractivity contribution in [1.29, 1.82) is 0 Å². The molecule has 33 heavy (non-hydrogen) atoms. The Hall–Kier alpha value is -3.43. The zero-order valence-corrected chi connectivity index (χ0v) is 18.4. The molecule has 0 aromatic carbocycles. The third-order valence-corrected chi connectivity index (χ3v) is 5.88. The van der Waals surface area contributed by atoms with Gasteiger partial charge >= 0.3 is 0 Å². The summed E-state index contributed by atoms with van der Waals surface area (Å²) in [5.74, 6) is 0.537. The second-order valence-corrected chi connectivity index (χ2v) is 8.19. The largest absolute Gasteiger partial charge is 0.336 e. The van der Waals surface area contributed by atoms with Crippen LogP contribution >= 0.6 is 0 Å². The normalized spacial score (nSPS) is 14.6. The molecule has 0 saturated carbocycles. The predicted molar refractivity (Wildman–Crippen MR) is 126 cm³/mol. The van der Waals surface area contributed by atoms with Crippen LogP contribution in [0.4, 0.5) is 15.9 Å². The fourth-order valence-electron chi connectivity index (χ4n) is 4.17. The molecule has 0 atom stereocenters. The maximum atomic E-state index is 14.3. The van der Waals surface area contributed by atoms with E-state index in [0.717, 1.165) is 24.2 Å². The standard InChI is InChI=1S/C24H27FN8/c25-19-17-26-10-7-20(19)29-24-22-18(16-27-11-15-32-12-4-1-5-13-32)8-14-33(22)31-23(30-24)21-6-2-3-9-28-21/h2-3,6-10,14,17,27H,1,4-5,11-13,15-16H2,(H,26,29,30,31). The number of hydrogen-bond donors (Lipinski definition) is 2. The van der Waals surface area contributed by atoms with Crippen molar-refractivity contribution in [2.24, 2.45) is 0 Å². The number of piperidine rings is 1. The molecule has 170 valence electrons. The van der Waals surface area contributed by atoms with Gasteiger partial charge in [-0.2, -0.15) is 0 Å². The second kappa shape index (κ2) is 10.0. The lowest BCUT2D eigenvalue weighted by molar-refractivity contribution is 0.229. The van der Waals surface area contributed by atoms with Crippen LogP contribution in [0.2, 0.25) is 0 Å². The second-order valence-electron chi connectivity index (χ2n) is 8.19. The highest BCUT2D eigenvalue weighted by molar-refractivity contribution is 5.78. The zero-order valence-electron chi connectivity index (χ0n) is 18.4. The van der Waals surface area contributed by atoms with E-state index in [4.69, 9.17) is 4.98 Å². The summed E-state index contributed by atoms with van der Waals surface area (Å²) in [6, 6.07) is 9.20. The topological polar surface area (TPSA) is 83.3 Å². The minimum atomic E-state index is -0.443. The van der Waals surface area contributed by atoms with Crippen molar-refractivity contribution in [2.75, 3.05) is 31.5 Å². The average Bonchev–Trinajstić information content (AvgIpc) is 3.28. The maximum Gasteiger partial charge on any atom is 0.200 e. The van der Waals surface area contributed by atoms with Gasteiger partial charge in [-0.15, -0.1) is 5.10 Å². The van der Waals surface area contributed by atoms with Gasteiger partial charge in [0.25, 0.3) is 0 Å². The van der Waals surface area contributed by atoms with Gasteiger partial charge in [0.2, 0.25) is 5.82 Å². The van der Waals surface area contributed by atoms with Gasteiger partial charge < -0.3 is 15.5 Å². The summed E-state index contributed by atoms with van der Waals surface area (Å²) in [4.78, 5) is 15.4. The van der Waals surface area contributed by atoms with Crippen molar-refractivity contribution in [3.05, 3.63) is 66.5 Å². The molecule has 9 heteroatoms. The average molecular weight is 447 g/mol. The highest BCUT2D eigenvalue weighted by Crippen LogP contribution is 2.27. The summed E-state index contributed by atoms with van der Waals surface area (Å²) < 4.78 is 16.1. The number of aromatic nitrogens is 5. The van der Waals surface area contributed by atoms with E-state index in [2.05, 4.69) is 30.6 Å². The quantitative estimate of drug-likeness (QED) is 0.400. The first kappa shape index (κ1) is 21.4. The number of hydrogen-bond acceptors (Lipinski definition) is 7. The fraction of sp³-hybridized carbons (Fsp3) is 0.333. The molecule has 0 spiro atoms. The molecule has 5 rings (SSSR count). The summed E-state index contributed by atoms with van der Waals surface area (Å²) >= 11 is 0. The Morgan fingerprint density at radius 2 is 1.94 bits per heavy atom. The van der Waals surface area contributed by atoms with Crippen molar-refractivity contribution >= 4 is 17.0 Å². The molecule has 1 saturated heterocycles. The maximum absolute atomic E-state index is 14.3. The SMILES string of the molecule is Fc1cnccc1Nc1nc(-c2ccccn2)nn2ccc(CNCCN3CCCCC3)c12. The monoisotopic (exact) mass is 446 g/mol. The Labute approximate surface area is 191 Å². The van der Waals surface area contributed by atoms with Crippen molar-refractivity contribution in [2.45, 2.75) is 25.8 Å². The van der Waals surface area contributed by atoms with Crippen molar-refractivity contribution in [3.63, 3.8) is 0 Å². The molecule has 4 aromatic heterocycles. The molecular formula is C24H27FN8. The van der Waals surface area contributed by atoms with Crippen LogP contribution in [0, 0.1) is 5.82 Å². The van der Waals surface area contributed by atoms with Crippen LogP contribution in [-0.4, -0.2) is 55.6 Å². The first-order chi connectivity index (χ1) is 16.3. The number of halogens is 1. The van der Waals surface area contributed by atoms with E-state index in [1.54, 1.807) is 23.0 Å². The van der Waals surface area contributed by atoms with Gasteiger partial charge in [0.05, 0.1) is 11.9 Å². The Morgan fingerprint density at radius 1 is 1.03 bits per heavy atom. The summed E-state index contributed by atoms with van der Waals surface area (Å²) in [5.41, 5.74) is 2.80. The summed E-state index contributed by atoms with van der Waals surface area (Å²) in [5, 5.41) is 11.3. The Bertz CT molecular complexity index is 1200. The molecule has 0 bridgehead atoms. The van der Waals surface area contributed by atoms with Crippen LogP contribution in [-0.2, 0) is 6.54 Å². The van der Waals surface area contributed by atoms with Gasteiger partial charge in [-0.1, -0.05) is 12.5 Å². The number of rotatable bonds is 8. The van der Waals surface area contributed by atoms with E-state index in [-0.39, 0.29) is 0 Å². The number of nitrogens with one attached hydrogen (secondary N) is 2. The summed E-state index contributed by atoms with van der Waals surface area (Å²) in [7, 11) is 0. The smallest absolute Gasteiger partial charge is 0.200 e. The summed E-state index contributed by atoms with van der Waals surface area (Å²) in [6.45, 7) is 4.99. The third-order valence-electron chi connectivity index (χ3n) is 5.88. The van der Waals surface area contributed by atoms with Crippen LogP contribution < -0.4 is 10.6 Å². The fourth-order valence-corrected chi connectivity index (χ4v) is 4.17. The predicted octanol–water partition coefficient (Wildman–Crippen LogP) is 3.64. The molecule has 4 aromatic rings. The highest BCUT2D eigenvalue weighted by Gasteiger charge is 2.16. The van der Waals surface area contributed by atoms with Gasteiger partial charge in [0, 0.05) is 38.2 Å². The lowest BCUT2D eigenvalue weighted by atomic mass is 10.1. The first-order valence-corrected chi connectivity index (χ1v) is 11.4. The first-order valence-electron chi connectivity index (χ1n) is 11.4. The number of fused-ring (bicyclic) bond motifs is 1. The van der Waals surface area contributed by atoms with Gasteiger partial charge in [0.1, 0.15) is 11.2 Å². The molecule has 1 fully saturated rings. The van der Waals surface area contributed by atoms with E-state index in [9.17, 15) is 4.39 Å². The van der Waals surface area contributed by atoms with Crippen LogP contribution in [0.25, 0.3) is 17.0 Å². The molecule has 0 amide bonds. The minimum absolute atomic E-state index is 0.308. The van der Waals surface area contributed by atoms with Crippen LogP contribution in [0.1, 0.15) is 24.8 Å². The molecule has 0 unspecified atom stereocenters. The number of pyridine rings is 2. The van der Waals surface area contributed by atoms with E-state index in [1.165, 1.54) is 38.5 Å². The Kier molecular flexibility index (Phi) is 6.50. The van der Waals surface area contributed by atoms with Crippen LogP contribution in [0.15, 0.2) is 55.1 Å². The zero-order chi connectivity index (χ0) is 22.5. The van der Waals surface area contributed by atoms with E-state index >= 15 is 0 Å². The lowest BCUT2D eigenvalue weighted by Gasteiger charge is -2.26. The van der Waals surface area contributed by atoms with Crippen LogP contribution in [0.3, 0.4) is 0 Å². The summed E-state index contributed by atoms with van der Waals surface area (Å²) in [6.07, 6.45) is 10.3. The van der Waals surface area contributed by atoms with E-state index < -0.39 is 5.82 Å². The highest BCUT2D eigenvalue weighted by atomic mass is 19.1. The number of likely N-dealkylation sites (tertiary alicyclic amines) is 1. The van der Waals surface area contributed by atoms with Crippen molar-refractivity contribution in [1.82, 2.24) is 34.8 Å². The minimum Gasteiger partial charge on any atom is -0.336 e. The van der Waals surface area contributed by atoms with Crippen LogP contribution in [0.5, 0.6) is 0 Å². The van der Waals surface area contributed by atoms with Crippen molar-refractivity contribution < 1.29 is 4.39 Å². The molecular weight excluding hydrogens is 419 g/mol. The third kappa shape index (κ3) is 4.99. The lowest BCUT2D eigenvalue weighted by Crippen LogP contribution is -2.35. The van der Waals surface area contributed by atoms with Crippen molar-refractivity contribution in [3.8, 4) is 11.5 Å². The Balaban J connectivity index is 1.42. The number of anilines is 2. The van der Waals surface area contributed by atoms with Gasteiger partial charge in [-0.3, -0.25) is 9.97 Å². The molecule has 0 radical (unpaired) electrons. The van der Waals surface area contributed by atoms with Gasteiger partial charge in [-0.25, -0.2) is 13.9 Å². The molecule has 1 aliphatic heterocycles. The molecule has 2 N–H and O–H groups in total. The van der Waals surface area contributed by atoms with Gasteiger partial charge in [-0.05, 0) is 55.8 Å². The molecule has 0 aliphatic carbocycles. The van der Waals surface area contributed by atoms with E-state index in [1.807, 2.05) is 30.5 Å². The number of nitrogens with zero attached hydrogens (tertiary/aromatic N) is 6. The Morgan fingerprint density at radius 3 is 2.76 bits per heavy atom. The molecule has 1 aliphatic rings. The van der Waals surface area contributed by atoms with E-state index in [0.29, 0.717) is 29.6 Å². The molecule has 5 heterocycles. The van der Waals surface area contributed by atoms with Gasteiger partial charge in [0.15, 0.2) is 11.6 Å². The molecule has 8 nitrogen and oxygen atoms in total.